The van der Waals surface area contributed by atoms with Gasteiger partial charge in [-0.05, 0) is 24.3 Å². The molecule has 4 rings (SSSR count). The highest BCUT2D eigenvalue weighted by molar-refractivity contribution is 5.95. The van der Waals surface area contributed by atoms with Crippen molar-refractivity contribution in [3.05, 3.63) is 71.9 Å². The molecule has 0 N–H and O–H groups in total. The molecule has 1 aromatic heterocycles. The average Bonchev–Trinajstić information content (AvgIpc) is 2.65. The molecule has 0 amide bonds. The maximum Gasteiger partial charge on any atom is 0.0801 e. The van der Waals surface area contributed by atoms with E-state index in [2.05, 4.69) is 64.2 Å². The number of para-hydroxylation sites is 2. The van der Waals surface area contributed by atoms with Gasteiger partial charge in [-0.15, -0.1) is 0 Å². The number of nitrogens with zero attached hydrogens (tertiary/aromatic N) is 2. The van der Waals surface area contributed by atoms with Crippen LogP contribution in [0, 0.1) is 0 Å². The summed E-state index contributed by atoms with van der Waals surface area (Å²) >= 11 is 0. The van der Waals surface area contributed by atoms with E-state index < -0.39 is 0 Å². The Hall–Kier alpha value is -2.61. The predicted octanol–water partition coefficient (Wildman–Crippen LogP) is 4.23. The van der Waals surface area contributed by atoms with Crippen molar-refractivity contribution in [2.45, 2.75) is 6.54 Å². The molecule has 0 spiro atoms. The van der Waals surface area contributed by atoms with Crippen molar-refractivity contribution < 1.29 is 0 Å². The number of benzene rings is 2. The molecule has 3 aromatic rings. The third-order valence-corrected chi connectivity index (χ3v) is 3.73. The van der Waals surface area contributed by atoms with Crippen LogP contribution in [0.25, 0.3) is 22.7 Å². The molecule has 2 aromatic carbocycles. The van der Waals surface area contributed by atoms with Gasteiger partial charge in [0, 0.05) is 22.9 Å². The highest BCUT2D eigenvalue weighted by Gasteiger charge is 2.16. The minimum atomic E-state index is 0.714. The molecule has 1 aliphatic heterocycles. The lowest BCUT2D eigenvalue weighted by atomic mass is 10.1. The summed E-state index contributed by atoms with van der Waals surface area (Å²) in [5.74, 6) is 0. The fourth-order valence-electron chi connectivity index (χ4n) is 2.87. The molecule has 0 atom stereocenters. The van der Waals surface area contributed by atoms with Crippen LogP contribution in [-0.2, 0) is 6.54 Å². The van der Waals surface area contributed by atoms with Crippen molar-refractivity contribution in [3.63, 3.8) is 0 Å². The fraction of sp³-hybridized carbons (Fsp3) is 0.0556. The Morgan fingerprint density at radius 2 is 1.70 bits per heavy atom. The fourth-order valence-corrected chi connectivity index (χ4v) is 2.87. The molecule has 20 heavy (non-hydrogen) atoms. The molecule has 2 nitrogen and oxygen atoms in total. The van der Waals surface area contributed by atoms with Crippen LogP contribution in [0.4, 0.5) is 0 Å². The molecule has 2 heterocycles. The van der Waals surface area contributed by atoms with Gasteiger partial charge in [-0.2, -0.15) is 0 Å². The standard InChI is InChI=1S/C18H14N2/c1-2-7-14(8-3-1)20-17-11-5-4-9-15(17)16-10-6-12-19-13-18(16)20/h1-12H,13H2. The van der Waals surface area contributed by atoms with Crippen molar-refractivity contribution in [2.75, 3.05) is 0 Å². The first kappa shape index (κ1) is 11.2. The zero-order chi connectivity index (χ0) is 13.4. The maximum atomic E-state index is 4.46. The number of aliphatic imine (C=N–C) groups is 1. The van der Waals surface area contributed by atoms with Gasteiger partial charge < -0.3 is 4.57 Å². The first-order chi connectivity index (χ1) is 9.95. The second-order valence-electron chi connectivity index (χ2n) is 4.90. The van der Waals surface area contributed by atoms with E-state index in [4.69, 9.17) is 0 Å². The Balaban J connectivity index is 2.12. The van der Waals surface area contributed by atoms with Gasteiger partial charge in [0.2, 0.25) is 0 Å². The maximum absolute atomic E-state index is 4.46. The van der Waals surface area contributed by atoms with Crippen LogP contribution >= 0.6 is 0 Å². The summed E-state index contributed by atoms with van der Waals surface area (Å²) in [5, 5.41) is 1.29. The van der Waals surface area contributed by atoms with Gasteiger partial charge in [0.25, 0.3) is 0 Å². The average molecular weight is 258 g/mol. The van der Waals surface area contributed by atoms with Crippen LogP contribution in [-0.4, -0.2) is 10.8 Å². The van der Waals surface area contributed by atoms with E-state index in [0.29, 0.717) is 6.54 Å². The zero-order valence-corrected chi connectivity index (χ0v) is 11.0. The molecule has 0 saturated heterocycles. The summed E-state index contributed by atoms with van der Waals surface area (Å²) in [4.78, 5) is 4.46. The predicted molar refractivity (Wildman–Crippen MR) is 84.5 cm³/mol. The first-order valence-corrected chi connectivity index (χ1v) is 6.79. The van der Waals surface area contributed by atoms with E-state index in [0.717, 1.165) is 0 Å². The summed E-state index contributed by atoms with van der Waals surface area (Å²) < 4.78 is 2.32. The van der Waals surface area contributed by atoms with Crippen LogP contribution in [0.2, 0.25) is 0 Å². The van der Waals surface area contributed by atoms with Gasteiger partial charge >= 0.3 is 0 Å². The van der Waals surface area contributed by atoms with Gasteiger partial charge in [0.05, 0.1) is 17.8 Å². The van der Waals surface area contributed by atoms with Gasteiger partial charge in [-0.25, -0.2) is 0 Å². The molecular weight excluding hydrogens is 244 g/mol. The third-order valence-electron chi connectivity index (χ3n) is 3.73. The van der Waals surface area contributed by atoms with Gasteiger partial charge in [0.15, 0.2) is 0 Å². The molecule has 0 saturated carbocycles. The van der Waals surface area contributed by atoms with Crippen molar-refractivity contribution in [1.82, 2.24) is 4.57 Å². The van der Waals surface area contributed by atoms with Gasteiger partial charge in [0.1, 0.15) is 0 Å². The SMILES string of the molecule is C1=Cc2c(n(-c3ccccc3)c3ccccc23)CN=C1. The number of hydrogen-bond acceptors (Lipinski definition) is 1. The Bertz CT molecular complexity index is 823. The number of hydrogen-bond donors (Lipinski definition) is 0. The summed E-state index contributed by atoms with van der Waals surface area (Å²) in [6, 6.07) is 19.0. The number of rotatable bonds is 1. The minimum Gasteiger partial charge on any atom is -0.311 e. The van der Waals surface area contributed by atoms with Crippen LogP contribution in [0.15, 0.2) is 65.7 Å². The molecule has 1 aliphatic rings. The quantitative estimate of drug-likeness (QED) is 0.621. The van der Waals surface area contributed by atoms with E-state index >= 15 is 0 Å². The number of allylic oxidation sites excluding steroid dienone is 1. The van der Waals surface area contributed by atoms with Crippen molar-refractivity contribution in [1.29, 1.82) is 0 Å². The molecule has 0 aliphatic carbocycles. The van der Waals surface area contributed by atoms with Crippen LogP contribution in [0.3, 0.4) is 0 Å². The van der Waals surface area contributed by atoms with E-state index in [1.807, 2.05) is 18.4 Å². The summed E-state index contributed by atoms with van der Waals surface area (Å²) in [6.07, 6.45) is 6.06. The molecule has 0 fully saturated rings. The minimum absolute atomic E-state index is 0.714. The monoisotopic (exact) mass is 258 g/mol. The van der Waals surface area contributed by atoms with Gasteiger partial charge in [-0.3, -0.25) is 4.99 Å². The van der Waals surface area contributed by atoms with Crippen LogP contribution < -0.4 is 0 Å². The number of aromatic nitrogens is 1. The van der Waals surface area contributed by atoms with Crippen molar-refractivity contribution in [2.24, 2.45) is 4.99 Å². The second-order valence-corrected chi connectivity index (χ2v) is 4.90. The van der Waals surface area contributed by atoms with Crippen LogP contribution in [0.1, 0.15) is 11.3 Å². The number of fused-ring (bicyclic) bond motifs is 3. The highest BCUT2D eigenvalue weighted by Crippen LogP contribution is 2.31. The Morgan fingerprint density at radius 3 is 2.60 bits per heavy atom. The largest absolute Gasteiger partial charge is 0.311 e. The van der Waals surface area contributed by atoms with E-state index in [9.17, 15) is 0 Å². The summed E-state index contributed by atoms with van der Waals surface area (Å²) in [7, 11) is 0. The zero-order valence-electron chi connectivity index (χ0n) is 11.0. The first-order valence-electron chi connectivity index (χ1n) is 6.79. The molecule has 0 radical (unpaired) electrons. The smallest absolute Gasteiger partial charge is 0.0801 e. The van der Waals surface area contributed by atoms with E-state index in [-0.39, 0.29) is 0 Å². The lowest BCUT2D eigenvalue weighted by molar-refractivity contribution is 0.934. The second kappa shape index (κ2) is 4.49. The molecule has 0 unspecified atom stereocenters. The molecule has 2 heteroatoms. The van der Waals surface area contributed by atoms with Gasteiger partial charge in [-0.1, -0.05) is 42.5 Å². The summed E-state index contributed by atoms with van der Waals surface area (Å²) in [6.45, 7) is 0.714. The third kappa shape index (κ3) is 1.62. The molecule has 96 valence electrons. The Morgan fingerprint density at radius 1 is 0.900 bits per heavy atom. The molecular formula is C18H14N2. The van der Waals surface area contributed by atoms with Crippen LogP contribution in [0.5, 0.6) is 0 Å². The topological polar surface area (TPSA) is 17.3 Å². The van der Waals surface area contributed by atoms with Crippen molar-refractivity contribution in [3.8, 4) is 5.69 Å². The lowest BCUT2D eigenvalue weighted by Crippen LogP contribution is -1.99. The highest BCUT2D eigenvalue weighted by atomic mass is 15.0. The lowest BCUT2D eigenvalue weighted by Gasteiger charge is -2.09. The normalized spacial score (nSPS) is 13.4. The Kier molecular flexibility index (Phi) is 2.52. The Labute approximate surface area is 117 Å². The summed E-state index contributed by atoms with van der Waals surface area (Å²) in [5.41, 5.74) is 4.96. The van der Waals surface area contributed by atoms with E-state index in [1.54, 1.807) is 0 Å². The van der Waals surface area contributed by atoms with Crippen molar-refractivity contribution >= 4 is 23.2 Å². The molecule has 0 bridgehead atoms. The van der Waals surface area contributed by atoms with E-state index in [1.165, 1.54) is 27.8 Å².